The monoisotopic (exact) mass is 550 g/mol. The minimum Gasteiger partial charge on any atom is -0.308 e. The molecular weight excluding hydrogens is 524 g/mol. The Morgan fingerprint density at radius 3 is 2.00 bits per heavy atom. The first-order valence-corrected chi connectivity index (χ1v) is 14.9. The average molecular weight is 551 g/mol. The van der Waals surface area contributed by atoms with Crippen molar-refractivity contribution in [3.05, 3.63) is 133 Å². The predicted molar refractivity (Wildman–Crippen MR) is 179 cm³/mol. The third-order valence-corrected chi connectivity index (χ3v) is 9.56. The van der Waals surface area contributed by atoms with Gasteiger partial charge in [-0.05, 0) is 49.7 Å². The number of hydrogen-bond donors (Lipinski definition) is 0. The lowest BCUT2D eigenvalue weighted by molar-refractivity contribution is 0.558. The van der Waals surface area contributed by atoms with E-state index < -0.39 is 0 Å². The van der Waals surface area contributed by atoms with Crippen LogP contribution >= 0.6 is 0 Å². The highest BCUT2D eigenvalue weighted by molar-refractivity contribution is 6.34. The maximum atomic E-state index is 5.47. The number of benzene rings is 5. The quantitative estimate of drug-likeness (QED) is 0.215. The molecule has 9 aromatic rings. The number of rotatable bonds is 2. The van der Waals surface area contributed by atoms with Gasteiger partial charge in [-0.1, -0.05) is 91.0 Å². The molecule has 4 heterocycles. The molecule has 1 unspecified atom stereocenters. The van der Waals surface area contributed by atoms with Crippen molar-refractivity contribution in [2.24, 2.45) is 0 Å². The van der Waals surface area contributed by atoms with Gasteiger partial charge < -0.3 is 4.40 Å². The Morgan fingerprint density at radius 1 is 0.605 bits per heavy atom. The van der Waals surface area contributed by atoms with Gasteiger partial charge in [0.15, 0.2) is 0 Å². The van der Waals surface area contributed by atoms with Gasteiger partial charge in [0.1, 0.15) is 11.6 Å². The van der Waals surface area contributed by atoms with Crippen molar-refractivity contribution in [3.8, 4) is 5.82 Å². The molecule has 1 atom stereocenters. The van der Waals surface area contributed by atoms with E-state index in [1.54, 1.807) is 0 Å². The number of allylic oxidation sites excluding steroid dienone is 4. The lowest BCUT2D eigenvalue weighted by atomic mass is 9.83. The van der Waals surface area contributed by atoms with Gasteiger partial charge in [-0.3, -0.25) is 4.57 Å². The highest BCUT2D eigenvalue weighted by Crippen LogP contribution is 2.46. The molecule has 43 heavy (non-hydrogen) atoms. The second-order valence-electron chi connectivity index (χ2n) is 12.1. The number of para-hydroxylation sites is 4. The van der Waals surface area contributed by atoms with Gasteiger partial charge in [0.25, 0.3) is 0 Å². The highest BCUT2D eigenvalue weighted by Gasteiger charge is 2.30. The zero-order valence-corrected chi connectivity index (χ0v) is 23.6. The van der Waals surface area contributed by atoms with E-state index in [1.165, 1.54) is 54.4 Å². The van der Waals surface area contributed by atoms with Crippen LogP contribution in [0.15, 0.2) is 127 Å². The molecule has 1 aliphatic carbocycles. The van der Waals surface area contributed by atoms with Gasteiger partial charge in [-0.2, -0.15) is 0 Å². The molecule has 0 saturated carbocycles. The topological polar surface area (TPSA) is 35.1 Å². The zero-order chi connectivity index (χ0) is 28.3. The maximum absolute atomic E-state index is 5.47. The van der Waals surface area contributed by atoms with Crippen molar-refractivity contribution in [2.45, 2.75) is 18.8 Å². The van der Waals surface area contributed by atoms with Crippen molar-refractivity contribution in [1.29, 1.82) is 0 Å². The molecule has 0 spiro atoms. The molecule has 4 heteroatoms. The molecule has 0 aliphatic heterocycles. The Kier molecular flexibility index (Phi) is 4.34. The maximum Gasteiger partial charge on any atom is 0.149 e. The lowest BCUT2D eigenvalue weighted by Crippen LogP contribution is -2.24. The summed E-state index contributed by atoms with van der Waals surface area (Å²) in [6, 6.07) is 37.3. The summed E-state index contributed by atoms with van der Waals surface area (Å²) in [6.07, 6.45) is 9.56. The first-order chi connectivity index (χ1) is 21.2. The predicted octanol–water partition coefficient (Wildman–Crippen LogP) is 9.65. The summed E-state index contributed by atoms with van der Waals surface area (Å²) in [6.45, 7) is 2.24. The molecular formula is C39H26N4. The fraction of sp³-hybridized carbons (Fsp3) is 0.0769. The van der Waals surface area contributed by atoms with Crippen molar-refractivity contribution in [1.82, 2.24) is 18.9 Å². The Bertz CT molecular complexity index is 2670. The van der Waals surface area contributed by atoms with Gasteiger partial charge in [0.05, 0.1) is 33.1 Å². The summed E-state index contributed by atoms with van der Waals surface area (Å²) in [4.78, 5) is 10.6. The van der Waals surface area contributed by atoms with Crippen LogP contribution < -0.4 is 0 Å². The third kappa shape index (κ3) is 2.90. The van der Waals surface area contributed by atoms with E-state index in [0.717, 1.165) is 34.5 Å². The molecule has 202 valence electrons. The van der Waals surface area contributed by atoms with E-state index in [9.17, 15) is 0 Å². The summed E-state index contributed by atoms with van der Waals surface area (Å²) in [5, 5.41) is 8.62. The van der Waals surface area contributed by atoms with Crippen molar-refractivity contribution >= 4 is 70.8 Å². The first-order valence-electron chi connectivity index (χ1n) is 14.9. The van der Waals surface area contributed by atoms with Crippen molar-refractivity contribution in [3.63, 3.8) is 0 Å². The van der Waals surface area contributed by atoms with Crippen LogP contribution in [0.3, 0.4) is 0 Å². The molecule has 0 N–H and O–H groups in total. The van der Waals surface area contributed by atoms with Gasteiger partial charge >= 0.3 is 0 Å². The standard InChI is InChI=1S/C39H26N4/c1-39(21-11-2-12-22-39)38-40-30-17-7-3-15-26(30)37(41-38)43-32-19-9-5-14-25(32)29-23-28-24-13-4-8-18-31(24)42-33-20-10-6-16-27(33)34(35(28)42)36(29)43/h2-21,23H,22H2,1H3. The van der Waals surface area contributed by atoms with Crippen LogP contribution in [0.5, 0.6) is 0 Å². The van der Waals surface area contributed by atoms with E-state index in [1.807, 2.05) is 0 Å². The molecule has 0 bridgehead atoms. The van der Waals surface area contributed by atoms with E-state index in [-0.39, 0.29) is 5.41 Å². The minimum absolute atomic E-state index is 0.282. The molecule has 4 nitrogen and oxygen atoms in total. The van der Waals surface area contributed by atoms with Gasteiger partial charge in [0.2, 0.25) is 0 Å². The molecule has 10 rings (SSSR count). The second-order valence-corrected chi connectivity index (χ2v) is 12.1. The van der Waals surface area contributed by atoms with E-state index >= 15 is 0 Å². The van der Waals surface area contributed by atoms with Gasteiger partial charge in [-0.25, -0.2) is 9.97 Å². The van der Waals surface area contributed by atoms with E-state index in [4.69, 9.17) is 9.97 Å². The fourth-order valence-electron chi connectivity index (χ4n) is 7.56. The molecule has 0 fully saturated rings. The fourth-order valence-corrected chi connectivity index (χ4v) is 7.56. The minimum atomic E-state index is -0.282. The second kappa shape index (κ2) is 8.08. The molecule has 0 saturated heterocycles. The molecule has 5 aromatic carbocycles. The summed E-state index contributed by atoms with van der Waals surface area (Å²) in [5.74, 6) is 1.78. The average Bonchev–Trinajstić information content (AvgIpc) is 3.69. The van der Waals surface area contributed by atoms with Crippen LogP contribution in [0.4, 0.5) is 0 Å². The highest BCUT2D eigenvalue weighted by atomic mass is 15.1. The van der Waals surface area contributed by atoms with Crippen LogP contribution in [0.25, 0.3) is 76.6 Å². The van der Waals surface area contributed by atoms with Crippen LogP contribution in [0.1, 0.15) is 19.2 Å². The van der Waals surface area contributed by atoms with Crippen LogP contribution in [-0.4, -0.2) is 18.9 Å². The number of fused-ring (bicyclic) bond motifs is 11. The van der Waals surface area contributed by atoms with E-state index in [0.29, 0.717) is 0 Å². The summed E-state index contributed by atoms with van der Waals surface area (Å²) >= 11 is 0. The Balaban J connectivity index is 1.47. The zero-order valence-electron chi connectivity index (χ0n) is 23.6. The Hall–Kier alpha value is -5.48. The third-order valence-electron chi connectivity index (χ3n) is 9.56. The molecule has 4 aromatic heterocycles. The summed E-state index contributed by atoms with van der Waals surface area (Å²) in [5.41, 5.74) is 6.77. The summed E-state index contributed by atoms with van der Waals surface area (Å²) in [7, 11) is 0. The lowest BCUT2D eigenvalue weighted by Gasteiger charge is -2.26. The van der Waals surface area contributed by atoms with Crippen LogP contribution in [-0.2, 0) is 5.41 Å². The molecule has 0 radical (unpaired) electrons. The smallest absolute Gasteiger partial charge is 0.149 e. The SMILES string of the molecule is CC1(c2nc(-n3c4ccccc4c4cc5c6ccccc6n6c7ccccc7c(c43)c56)c3ccccc3n2)C=CC=CC1. The van der Waals surface area contributed by atoms with Crippen LogP contribution in [0, 0.1) is 0 Å². The Labute approximate surface area is 247 Å². The van der Waals surface area contributed by atoms with E-state index in [2.05, 4.69) is 143 Å². The summed E-state index contributed by atoms with van der Waals surface area (Å²) < 4.78 is 4.88. The van der Waals surface area contributed by atoms with Gasteiger partial charge in [-0.15, -0.1) is 0 Å². The largest absolute Gasteiger partial charge is 0.308 e. The number of aromatic nitrogens is 4. The normalized spacial score (nSPS) is 17.2. The molecule has 0 amide bonds. The van der Waals surface area contributed by atoms with Crippen LogP contribution in [0.2, 0.25) is 0 Å². The van der Waals surface area contributed by atoms with Crippen molar-refractivity contribution < 1.29 is 0 Å². The van der Waals surface area contributed by atoms with Gasteiger partial charge in [0, 0.05) is 43.1 Å². The first kappa shape index (κ1) is 23.1. The number of hydrogen-bond acceptors (Lipinski definition) is 2. The molecule has 1 aliphatic rings. The Morgan fingerprint density at radius 2 is 1.23 bits per heavy atom. The van der Waals surface area contributed by atoms with Crippen molar-refractivity contribution in [2.75, 3.05) is 0 Å². The number of nitrogens with zero attached hydrogens (tertiary/aromatic N) is 4.